The number of H-pyrrole nitrogens is 1. The minimum Gasteiger partial charge on any atom is -0.361 e. The number of imide groups is 1. The number of para-hydroxylation sites is 1. The Kier molecular flexibility index (Phi) is 5.62. The number of likely N-dealkylation sites (tertiary alicyclic amines) is 1. The van der Waals surface area contributed by atoms with Crippen LogP contribution in [0.1, 0.15) is 36.4 Å². The Hall–Kier alpha value is -3.88. The Morgan fingerprint density at radius 1 is 1.00 bits per heavy atom. The monoisotopic (exact) mass is 487 g/mol. The van der Waals surface area contributed by atoms with Crippen molar-refractivity contribution in [1.82, 2.24) is 24.7 Å². The molecule has 0 aliphatic carbocycles. The first-order valence-electron chi connectivity index (χ1n) is 12.6. The van der Waals surface area contributed by atoms with Crippen molar-refractivity contribution in [1.29, 1.82) is 0 Å². The van der Waals surface area contributed by atoms with Crippen molar-refractivity contribution in [3.63, 3.8) is 0 Å². The first-order chi connectivity index (χ1) is 17.5. The number of urea groups is 1. The van der Waals surface area contributed by atoms with Gasteiger partial charge in [0.1, 0.15) is 6.04 Å². The molecule has 2 saturated heterocycles. The van der Waals surface area contributed by atoms with E-state index >= 15 is 0 Å². The summed E-state index contributed by atoms with van der Waals surface area (Å²) in [5.41, 5.74) is 3.11. The molecule has 186 valence electrons. The average molecular weight is 488 g/mol. The summed E-state index contributed by atoms with van der Waals surface area (Å²) in [5.74, 6) is 0.142. The maximum absolute atomic E-state index is 13.1. The molecule has 9 heteroatoms. The van der Waals surface area contributed by atoms with Gasteiger partial charge in [-0.05, 0) is 42.9 Å². The van der Waals surface area contributed by atoms with Crippen molar-refractivity contribution >= 4 is 28.7 Å². The van der Waals surface area contributed by atoms with Crippen molar-refractivity contribution in [3.05, 3.63) is 70.3 Å². The summed E-state index contributed by atoms with van der Waals surface area (Å²) in [6, 6.07) is 12.2. The van der Waals surface area contributed by atoms with Crippen LogP contribution >= 0.6 is 0 Å². The molecule has 0 saturated carbocycles. The predicted octanol–water partition coefficient (Wildman–Crippen LogP) is 2.22. The van der Waals surface area contributed by atoms with Gasteiger partial charge in [-0.1, -0.05) is 24.3 Å². The summed E-state index contributed by atoms with van der Waals surface area (Å²) >= 11 is 0. The molecule has 5 heterocycles. The molecular weight excluding hydrogens is 458 g/mol. The molecule has 4 amide bonds. The minimum absolute atomic E-state index is 0.00396. The van der Waals surface area contributed by atoms with Crippen LogP contribution in [0.25, 0.3) is 10.9 Å². The maximum Gasteiger partial charge on any atom is 0.324 e. The van der Waals surface area contributed by atoms with E-state index in [0.717, 1.165) is 28.6 Å². The van der Waals surface area contributed by atoms with E-state index in [1.165, 1.54) is 4.90 Å². The van der Waals surface area contributed by atoms with E-state index in [9.17, 15) is 19.2 Å². The van der Waals surface area contributed by atoms with Gasteiger partial charge in [-0.3, -0.25) is 19.3 Å². The summed E-state index contributed by atoms with van der Waals surface area (Å²) in [4.78, 5) is 57.1. The smallest absolute Gasteiger partial charge is 0.324 e. The fourth-order valence-corrected chi connectivity index (χ4v) is 6.08. The first kappa shape index (κ1) is 22.6. The highest BCUT2D eigenvalue weighted by Gasteiger charge is 2.39. The first-order valence-corrected chi connectivity index (χ1v) is 12.6. The van der Waals surface area contributed by atoms with Gasteiger partial charge < -0.3 is 19.8 Å². The molecule has 0 unspecified atom stereocenters. The van der Waals surface area contributed by atoms with Crippen molar-refractivity contribution < 1.29 is 14.4 Å². The SMILES string of the molecule is O=C(CC[C@@H]1NC(=O)N(CCc2c[nH]c3ccccc23)C1=O)N1C[C@H]2C[C@@H](C1)c1cccc(=O)n1C2. The summed E-state index contributed by atoms with van der Waals surface area (Å²) in [5, 5.41) is 3.85. The van der Waals surface area contributed by atoms with Gasteiger partial charge in [0.05, 0.1) is 0 Å². The van der Waals surface area contributed by atoms with E-state index in [1.807, 2.05) is 46.0 Å². The van der Waals surface area contributed by atoms with E-state index in [0.29, 0.717) is 32.6 Å². The van der Waals surface area contributed by atoms with E-state index in [4.69, 9.17) is 0 Å². The Labute approximate surface area is 208 Å². The van der Waals surface area contributed by atoms with Crippen LogP contribution in [-0.2, 0) is 22.6 Å². The average Bonchev–Trinajstić information content (AvgIpc) is 3.41. The molecule has 1 aromatic carbocycles. The number of aromatic amines is 1. The van der Waals surface area contributed by atoms with Crippen molar-refractivity contribution in [3.8, 4) is 0 Å². The zero-order valence-corrected chi connectivity index (χ0v) is 20.0. The fourth-order valence-electron chi connectivity index (χ4n) is 6.08. The largest absolute Gasteiger partial charge is 0.361 e. The molecule has 6 rings (SSSR count). The van der Waals surface area contributed by atoms with E-state index in [2.05, 4.69) is 10.3 Å². The van der Waals surface area contributed by atoms with Gasteiger partial charge in [0.15, 0.2) is 0 Å². The van der Waals surface area contributed by atoms with Gasteiger partial charge in [-0.2, -0.15) is 0 Å². The van der Waals surface area contributed by atoms with Gasteiger partial charge in [-0.25, -0.2) is 4.79 Å². The fraction of sp³-hybridized carbons (Fsp3) is 0.407. The Morgan fingerprint density at radius 3 is 2.75 bits per heavy atom. The molecule has 0 spiro atoms. The number of carbonyl (C=O) groups is 3. The van der Waals surface area contributed by atoms with Gasteiger partial charge in [0.2, 0.25) is 5.91 Å². The molecule has 2 bridgehead atoms. The zero-order chi connectivity index (χ0) is 24.8. The lowest BCUT2D eigenvalue weighted by molar-refractivity contribution is -0.134. The van der Waals surface area contributed by atoms with E-state index < -0.39 is 12.1 Å². The molecule has 3 aliphatic rings. The zero-order valence-electron chi connectivity index (χ0n) is 20.0. The van der Waals surface area contributed by atoms with Crippen LogP contribution in [0.15, 0.2) is 53.5 Å². The predicted molar refractivity (Wildman–Crippen MR) is 133 cm³/mol. The third kappa shape index (κ3) is 3.98. The van der Waals surface area contributed by atoms with Crippen LogP contribution in [0.3, 0.4) is 0 Å². The quantitative estimate of drug-likeness (QED) is 0.520. The lowest BCUT2D eigenvalue weighted by Gasteiger charge is -2.42. The number of carbonyl (C=O) groups excluding carboxylic acids is 3. The number of amides is 4. The number of nitrogens with one attached hydrogen (secondary N) is 2. The maximum atomic E-state index is 13.1. The molecule has 0 radical (unpaired) electrons. The lowest BCUT2D eigenvalue weighted by Crippen LogP contribution is -2.49. The highest BCUT2D eigenvalue weighted by Crippen LogP contribution is 2.35. The van der Waals surface area contributed by atoms with Gasteiger partial charge in [0, 0.05) is 67.4 Å². The third-order valence-corrected chi connectivity index (χ3v) is 7.87. The van der Waals surface area contributed by atoms with Gasteiger partial charge >= 0.3 is 6.03 Å². The third-order valence-electron chi connectivity index (χ3n) is 7.87. The number of fused-ring (bicyclic) bond motifs is 5. The molecule has 2 N–H and O–H groups in total. The number of aromatic nitrogens is 2. The van der Waals surface area contributed by atoms with Gasteiger partial charge in [-0.15, -0.1) is 0 Å². The number of nitrogens with zero attached hydrogens (tertiary/aromatic N) is 3. The Balaban J connectivity index is 1.05. The number of piperidine rings is 1. The highest BCUT2D eigenvalue weighted by atomic mass is 16.2. The standard InChI is InChI=1S/C27H29N5O4/c33-24(30-14-17-12-19(16-30)23-6-3-7-25(34)32(23)15-17)9-8-22-26(35)31(27(36)29-22)11-10-18-13-28-21-5-2-1-4-20(18)21/h1-7,13,17,19,22,28H,8-12,14-16H2,(H,29,36)/t17-,19+,22+/m1/s1. The summed E-state index contributed by atoms with van der Waals surface area (Å²) < 4.78 is 1.85. The number of rotatable bonds is 6. The van der Waals surface area contributed by atoms with Crippen LogP contribution in [0, 0.1) is 5.92 Å². The van der Waals surface area contributed by atoms with Crippen molar-refractivity contribution in [2.75, 3.05) is 19.6 Å². The van der Waals surface area contributed by atoms with Crippen LogP contribution in [0.5, 0.6) is 0 Å². The topological polar surface area (TPSA) is 108 Å². The van der Waals surface area contributed by atoms with Crippen LogP contribution < -0.4 is 10.9 Å². The molecule has 3 atom stereocenters. The summed E-state index contributed by atoms with van der Waals surface area (Å²) in [6.07, 6.45) is 3.96. The number of hydrogen-bond donors (Lipinski definition) is 2. The summed E-state index contributed by atoms with van der Waals surface area (Å²) in [7, 11) is 0. The number of benzene rings is 1. The van der Waals surface area contributed by atoms with Crippen molar-refractivity contribution in [2.24, 2.45) is 5.92 Å². The van der Waals surface area contributed by atoms with Crippen LogP contribution in [-0.4, -0.2) is 62.9 Å². The van der Waals surface area contributed by atoms with E-state index in [1.54, 1.807) is 12.1 Å². The normalized spacial score (nSPS) is 23.2. The molecular formula is C27H29N5O4. The Morgan fingerprint density at radius 2 is 1.86 bits per heavy atom. The second kappa shape index (κ2) is 8.96. The molecule has 9 nitrogen and oxygen atoms in total. The van der Waals surface area contributed by atoms with Crippen LogP contribution in [0.4, 0.5) is 4.79 Å². The number of pyridine rings is 1. The molecule has 3 aromatic rings. The number of hydrogen-bond acceptors (Lipinski definition) is 4. The highest BCUT2D eigenvalue weighted by molar-refractivity contribution is 6.04. The second-order valence-corrected chi connectivity index (χ2v) is 10.1. The molecule has 3 aliphatic heterocycles. The van der Waals surface area contributed by atoms with Gasteiger partial charge in [0.25, 0.3) is 11.5 Å². The van der Waals surface area contributed by atoms with Crippen LogP contribution in [0.2, 0.25) is 0 Å². The second-order valence-electron chi connectivity index (χ2n) is 10.1. The van der Waals surface area contributed by atoms with E-state index in [-0.39, 0.29) is 42.1 Å². The summed E-state index contributed by atoms with van der Waals surface area (Å²) in [6.45, 7) is 2.14. The van der Waals surface area contributed by atoms with Crippen molar-refractivity contribution in [2.45, 2.75) is 44.2 Å². The lowest BCUT2D eigenvalue weighted by atomic mass is 9.83. The molecule has 2 fully saturated rings. The Bertz CT molecular complexity index is 1410. The molecule has 36 heavy (non-hydrogen) atoms. The minimum atomic E-state index is -0.673. The molecule has 2 aromatic heterocycles.